The molecule has 0 aromatic carbocycles. The minimum Gasteiger partial charge on any atom is -0.463 e. The van der Waals surface area contributed by atoms with Gasteiger partial charge in [-0.3, -0.25) is 0 Å². The minimum absolute atomic E-state index is 0.744. The van der Waals surface area contributed by atoms with Gasteiger partial charge in [0.1, 0.15) is 24.1 Å². The van der Waals surface area contributed by atoms with E-state index in [1.54, 1.807) is 6.26 Å². The van der Waals surface area contributed by atoms with Crippen LogP contribution in [0.2, 0.25) is 0 Å². The van der Waals surface area contributed by atoms with Crippen molar-refractivity contribution in [1.29, 1.82) is 0 Å². The van der Waals surface area contributed by atoms with Crippen LogP contribution in [0, 0.1) is 0 Å². The van der Waals surface area contributed by atoms with Crippen LogP contribution >= 0.6 is 0 Å². The average molecular weight is 176 g/mol. The van der Waals surface area contributed by atoms with Crippen molar-refractivity contribution in [3.63, 3.8) is 0 Å². The van der Waals surface area contributed by atoms with E-state index in [2.05, 4.69) is 15.3 Å². The summed E-state index contributed by atoms with van der Waals surface area (Å²) in [6.45, 7) is 1.86. The highest BCUT2D eigenvalue weighted by Gasteiger charge is 1.99. The highest BCUT2D eigenvalue weighted by atomic mass is 16.3. The van der Waals surface area contributed by atoms with Crippen molar-refractivity contribution in [3.05, 3.63) is 36.8 Å². The summed E-state index contributed by atoms with van der Waals surface area (Å²) in [5.74, 6) is 0.744. The van der Waals surface area contributed by atoms with Crippen molar-refractivity contribution in [2.75, 3.05) is 0 Å². The zero-order chi connectivity index (χ0) is 9.10. The maximum absolute atomic E-state index is 5.16. The second-order valence-corrected chi connectivity index (χ2v) is 2.50. The molecular formula is C8H8N4O. The number of hydrogen-bond acceptors (Lipinski definition) is 4. The Hall–Kier alpha value is -1.91. The lowest BCUT2D eigenvalue weighted by molar-refractivity contribution is 0.556. The molecule has 0 aliphatic carbocycles. The van der Waals surface area contributed by atoms with Gasteiger partial charge in [-0.05, 0) is 19.1 Å². The molecule has 0 amide bonds. The van der Waals surface area contributed by atoms with Crippen molar-refractivity contribution in [2.45, 2.75) is 6.92 Å². The van der Waals surface area contributed by atoms with Gasteiger partial charge in [-0.15, -0.1) is 10.2 Å². The molecule has 0 aliphatic heterocycles. The van der Waals surface area contributed by atoms with Crippen LogP contribution < -0.4 is 0 Å². The summed E-state index contributed by atoms with van der Waals surface area (Å²) < 4.78 is 6.68. The maximum atomic E-state index is 5.16. The van der Waals surface area contributed by atoms with Crippen LogP contribution in [0.3, 0.4) is 0 Å². The fourth-order valence-electron chi connectivity index (χ4n) is 0.954. The van der Waals surface area contributed by atoms with Gasteiger partial charge in [-0.25, -0.2) is 4.68 Å². The van der Waals surface area contributed by atoms with Crippen LogP contribution in [0.25, 0.3) is 0 Å². The zero-order valence-electron chi connectivity index (χ0n) is 7.08. The summed E-state index contributed by atoms with van der Waals surface area (Å²) in [5.41, 5.74) is 0.782. The first-order valence-electron chi connectivity index (χ1n) is 3.80. The van der Waals surface area contributed by atoms with Crippen LogP contribution in [0.5, 0.6) is 0 Å². The molecule has 0 N–H and O–H groups in total. The zero-order valence-corrected chi connectivity index (χ0v) is 7.08. The van der Waals surface area contributed by atoms with Gasteiger partial charge in [0.25, 0.3) is 0 Å². The summed E-state index contributed by atoms with van der Waals surface area (Å²) in [6.07, 6.45) is 4.65. The van der Waals surface area contributed by atoms with E-state index >= 15 is 0 Å². The molecule has 2 aromatic heterocycles. The van der Waals surface area contributed by atoms with Crippen LogP contribution in [0.1, 0.15) is 12.7 Å². The van der Waals surface area contributed by atoms with E-state index in [1.165, 1.54) is 17.3 Å². The molecule has 0 bridgehead atoms. The first kappa shape index (κ1) is 7.72. The van der Waals surface area contributed by atoms with E-state index in [0.717, 1.165) is 11.5 Å². The van der Waals surface area contributed by atoms with Gasteiger partial charge in [0.2, 0.25) is 0 Å². The molecule has 0 atom stereocenters. The van der Waals surface area contributed by atoms with Crippen LogP contribution in [-0.4, -0.2) is 20.6 Å². The topological polar surface area (TPSA) is 56.2 Å². The van der Waals surface area contributed by atoms with E-state index in [0.29, 0.717) is 0 Å². The van der Waals surface area contributed by atoms with E-state index < -0.39 is 0 Å². The Morgan fingerprint density at radius 1 is 1.46 bits per heavy atom. The molecule has 5 nitrogen and oxygen atoms in total. The molecule has 0 saturated carbocycles. The second kappa shape index (κ2) is 3.22. The van der Waals surface area contributed by atoms with Gasteiger partial charge in [0.15, 0.2) is 0 Å². The third-order valence-electron chi connectivity index (χ3n) is 1.55. The molecule has 2 aromatic rings. The molecule has 5 heteroatoms. The normalized spacial score (nSPS) is 11.9. The Labute approximate surface area is 74.7 Å². The minimum atomic E-state index is 0.744. The Kier molecular flexibility index (Phi) is 1.91. The molecule has 2 heterocycles. The quantitative estimate of drug-likeness (QED) is 0.645. The van der Waals surface area contributed by atoms with Crippen LogP contribution in [0.4, 0.5) is 0 Å². The van der Waals surface area contributed by atoms with Crippen molar-refractivity contribution in [2.24, 2.45) is 5.10 Å². The lowest BCUT2D eigenvalue weighted by atomic mass is 10.3. The van der Waals surface area contributed by atoms with Crippen molar-refractivity contribution < 1.29 is 4.42 Å². The van der Waals surface area contributed by atoms with E-state index in [-0.39, 0.29) is 0 Å². The summed E-state index contributed by atoms with van der Waals surface area (Å²) in [4.78, 5) is 0. The SMILES string of the molecule is C/C(=N/n1cnnc1)c1ccco1. The van der Waals surface area contributed by atoms with Crippen LogP contribution in [0.15, 0.2) is 40.6 Å². The predicted octanol–water partition coefficient (Wildman–Crippen LogP) is 1.14. The van der Waals surface area contributed by atoms with Crippen molar-refractivity contribution >= 4 is 5.71 Å². The monoisotopic (exact) mass is 176 g/mol. The Morgan fingerprint density at radius 2 is 2.23 bits per heavy atom. The Morgan fingerprint density at radius 3 is 2.85 bits per heavy atom. The smallest absolute Gasteiger partial charge is 0.149 e. The highest BCUT2D eigenvalue weighted by Crippen LogP contribution is 2.02. The number of furan rings is 1. The van der Waals surface area contributed by atoms with Crippen LogP contribution in [-0.2, 0) is 0 Å². The largest absolute Gasteiger partial charge is 0.463 e. The molecule has 2 rings (SSSR count). The average Bonchev–Trinajstić information content (AvgIpc) is 2.74. The summed E-state index contributed by atoms with van der Waals surface area (Å²) in [6, 6.07) is 3.67. The van der Waals surface area contributed by atoms with E-state index in [4.69, 9.17) is 4.42 Å². The number of nitrogens with zero attached hydrogens (tertiary/aromatic N) is 4. The number of aromatic nitrogens is 3. The van der Waals surface area contributed by atoms with Gasteiger partial charge < -0.3 is 4.42 Å². The van der Waals surface area contributed by atoms with Gasteiger partial charge in [-0.2, -0.15) is 5.10 Å². The fourth-order valence-corrected chi connectivity index (χ4v) is 0.954. The first-order chi connectivity index (χ1) is 6.36. The lowest BCUT2D eigenvalue weighted by Gasteiger charge is -1.94. The third-order valence-corrected chi connectivity index (χ3v) is 1.55. The van der Waals surface area contributed by atoms with Gasteiger partial charge in [-0.1, -0.05) is 0 Å². The molecule has 0 spiro atoms. The lowest BCUT2D eigenvalue weighted by Crippen LogP contribution is -1.96. The summed E-state index contributed by atoms with van der Waals surface area (Å²) in [5, 5.41) is 11.4. The van der Waals surface area contributed by atoms with E-state index in [9.17, 15) is 0 Å². The Balaban J connectivity index is 2.27. The first-order valence-corrected chi connectivity index (χ1v) is 3.80. The van der Waals surface area contributed by atoms with Gasteiger partial charge >= 0.3 is 0 Å². The Bertz CT molecular complexity index is 388. The maximum Gasteiger partial charge on any atom is 0.149 e. The van der Waals surface area contributed by atoms with Gasteiger partial charge in [0.05, 0.1) is 6.26 Å². The summed E-state index contributed by atoms with van der Waals surface area (Å²) >= 11 is 0. The van der Waals surface area contributed by atoms with E-state index in [1.807, 2.05) is 19.1 Å². The predicted molar refractivity (Wildman–Crippen MR) is 46.3 cm³/mol. The number of hydrogen-bond donors (Lipinski definition) is 0. The second-order valence-electron chi connectivity index (χ2n) is 2.50. The molecule has 0 radical (unpaired) electrons. The van der Waals surface area contributed by atoms with Crippen molar-refractivity contribution in [3.8, 4) is 0 Å². The van der Waals surface area contributed by atoms with Gasteiger partial charge in [0, 0.05) is 0 Å². The molecular weight excluding hydrogens is 168 g/mol. The van der Waals surface area contributed by atoms with Crippen molar-refractivity contribution in [1.82, 2.24) is 14.9 Å². The molecule has 0 fully saturated rings. The number of rotatable bonds is 2. The molecule has 0 aliphatic rings. The molecule has 66 valence electrons. The molecule has 0 saturated heterocycles. The third kappa shape index (κ3) is 1.64. The highest BCUT2D eigenvalue weighted by molar-refractivity contribution is 5.95. The fraction of sp³-hybridized carbons (Fsp3) is 0.125. The standard InChI is InChI=1S/C8H8N4O/c1-7(8-3-2-4-13-8)11-12-5-9-10-6-12/h2-6H,1H3/b11-7-. The summed E-state index contributed by atoms with van der Waals surface area (Å²) in [7, 11) is 0. The molecule has 13 heavy (non-hydrogen) atoms. The molecule has 0 unspecified atom stereocenters.